The van der Waals surface area contributed by atoms with Gasteiger partial charge in [-0.05, 0) is 31.4 Å². The molecule has 17 heavy (non-hydrogen) atoms. The lowest BCUT2D eigenvalue weighted by molar-refractivity contribution is -0.0133. The maximum absolute atomic E-state index is 10.1. The predicted molar refractivity (Wildman–Crippen MR) is 66.1 cm³/mol. The highest BCUT2D eigenvalue weighted by Gasteiger charge is 2.18. The monoisotopic (exact) mass is 236 g/mol. The Labute approximate surface area is 102 Å². The van der Waals surface area contributed by atoms with E-state index in [-0.39, 0.29) is 6.10 Å². The highest BCUT2D eigenvalue weighted by Crippen LogP contribution is 2.20. The van der Waals surface area contributed by atoms with Gasteiger partial charge < -0.3 is 14.6 Å². The molecule has 0 spiro atoms. The van der Waals surface area contributed by atoms with E-state index in [9.17, 15) is 5.11 Å². The number of hydrogen-bond acceptors (Lipinski definition) is 3. The molecule has 2 rings (SSSR count). The Morgan fingerprint density at radius 2 is 2.29 bits per heavy atom. The molecule has 0 radical (unpaired) electrons. The van der Waals surface area contributed by atoms with Gasteiger partial charge in [0.25, 0.3) is 0 Å². The van der Waals surface area contributed by atoms with Gasteiger partial charge in [-0.3, -0.25) is 0 Å². The van der Waals surface area contributed by atoms with E-state index < -0.39 is 6.10 Å². The van der Waals surface area contributed by atoms with Crippen molar-refractivity contribution in [3.63, 3.8) is 0 Å². The molecule has 0 aliphatic carbocycles. The lowest BCUT2D eigenvalue weighted by Crippen LogP contribution is -2.17. The molecular formula is C14H20O3. The zero-order chi connectivity index (χ0) is 12.3. The highest BCUT2D eigenvalue weighted by molar-refractivity contribution is 5.32. The number of ether oxygens (including phenoxy) is 2. The molecule has 1 aliphatic heterocycles. The molecule has 0 aromatic heterocycles. The summed E-state index contributed by atoms with van der Waals surface area (Å²) in [6.07, 6.45) is 0.532. The molecule has 0 bridgehead atoms. The van der Waals surface area contributed by atoms with Crippen molar-refractivity contribution < 1.29 is 14.6 Å². The molecule has 0 amide bonds. The third-order valence-corrected chi connectivity index (χ3v) is 3.17. The molecule has 2 unspecified atom stereocenters. The van der Waals surface area contributed by atoms with E-state index in [4.69, 9.17) is 9.47 Å². The lowest BCUT2D eigenvalue weighted by Gasteiger charge is -2.17. The zero-order valence-electron chi connectivity index (χ0n) is 10.5. The molecule has 1 heterocycles. The Hall–Kier alpha value is -0.900. The summed E-state index contributed by atoms with van der Waals surface area (Å²) in [5.74, 6) is 0. The summed E-state index contributed by atoms with van der Waals surface area (Å²) in [6, 6.07) is 6.11. The summed E-state index contributed by atoms with van der Waals surface area (Å²) in [7, 11) is 0. The fourth-order valence-corrected chi connectivity index (χ4v) is 2.08. The van der Waals surface area contributed by atoms with Gasteiger partial charge in [-0.15, -0.1) is 0 Å². The lowest BCUT2D eigenvalue weighted by atomic mass is 10.0. The molecule has 1 aromatic carbocycles. The molecule has 94 valence electrons. The number of aryl methyl sites for hydroxylation is 2. The van der Waals surface area contributed by atoms with Crippen LogP contribution in [0.1, 0.15) is 29.2 Å². The van der Waals surface area contributed by atoms with Gasteiger partial charge in [-0.1, -0.05) is 23.8 Å². The molecule has 1 aliphatic rings. The van der Waals surface area contributed by atoms with Crippen LogP contribution in [0.15, 0.2) is 18.2 Å². The Bertz CT molecular complexity index is 370. The molecule has 0 saturated carbocycles. The number of aliphatic hydroxyl groups is 1. The van der Waals surface area contributed by atoms with Gasteiger partial charge in [0, 0.05) is 6.61 Å². The van der Waals surface area contributed by atoms with Crippen LogP contribution in [0.5, 0.6) is 0 Å². The zero-order valence-corrected chi connectivity index (χ0v) is 10.5. The predicted octanol–water partition coefficient (Wildman–Crippen LogP) is 2.14. The minimum Gasteiger partial charge on any atom is -0.386 e. The van der Waals surface area contributed by atoms with Crippen LogP contribution in [0, 0.1) is 13.8 Å². The van der Waals surface area contributed by atoms with Crippen molar-refractivity contribution >= 4 is 0 Å². The molecule has 1 fully saturated rings. The number of benzene rings is 1. The van der Waals surface area contributed by atoms with Crippen molar-refractivity contribution in [1.29, 1.82) is 0 Å². The minimum absolute atomic E-state index is 0.148. The summed E-state index contributed by atoms with van der Waals surface area (Å²) in [5.41, 5.74) is 3.23. The van der Waals surface area contributed by atoms with E-state index in [1.54, 1.807) is 0 Å². The molecule has 1 aromatic rings. The first-order chi connectivity index (χ1) is 8.16. The first kappa shape index (κ1) is 12.6. The summed E-state index contributed by atoms with van der Waals surface area (Å²) in [5, 5.41) is 10.1. The van der Waals surface area contributed by atoms with Crippen molar-refractivity contribution in [2.45, 2.75) is 32.5 Å². The molecule has 3 heteroatoms. The standard InChI is InChI=1S/C14H20O3/c1-10-3-4-11(2)13(7-10)14(15)9-17-12-5-6-16-8-12/h3-4,7,12,14-15H,5-6,8-9H2,1-2H3. The molecule has 3 nitrogen and oxygen atoms in total. The average Bonchev–Trinajstić information content (AvgIpc) is 2.82. The largest absolute Gasteiger partial charge is 0.386 e. The van der Waals surface area contributed by atoms with Crippen LogP contribution < -0.4 is 0 Å². The third-order valence-electron chi connectivity index (χ3n) is 3.17. The molecule has 2 atom stereocenters. The van der Waals surface area contributed by atoms with Gasteiger partial charge in [0.15, 0.2) is 0 Å². The summed E-state index contributed by atoms with van der Waals surface area (Å²) >= 11 is 0. The van der Waals surface area contributed by atoms with Crippen LogP contribution in [0.3, 0.4) is 0 Å². The Balaban J connectivity index is 1.93. The van der Waals surface area contributed by atoms with Crippen molar-refractivity contribution in [2.75, 3.05) is 19.8 Å². The SMILES string of the molecule is Cc1ccc(C)c(C(O)COC2CCOC2)c1. The quantitative estimate of drug-likeness (QED) is 0.870. The van der Waals surface area contributed by atoms with E-state index in [1.807, 2.05) is 26.0 Å². The van der Waals surface area contributed by atoms with Gasteiger partial charge >= 0.3 is 0 Å². The maximum atomic E-state index is 10.1. The van der Waals surface area contributed by atoms with E-state index in [1.165, 1.54) is 0 Å². The second kappa shape index (κ2) is 5.63. The van der Waals surface area contributed by atoms with Crippen LogP contribution >= 0.6 is 0 Å². The number of rotatable bonds is 4. The minimum atomic E-state index is -0.546. The average molecular weight is 236 g/mol. The van der Waals surface area contributed by atoms with Crippen LogP contribution in [0.2, 0.25) is 0 Å². The normalized spacial score (nSPS) is 21.7. The Morgan fingerprint density at radius 3 is 3.00 bits per heavy atom. The van der Waals surface area contributed by atoms with E-state index in [0.29, 0.717) is 13.2 Å². The van der Waals surface area contributed by atoms with Gasteiger partial charge in [-0.2, -0.15) is 0 Å². The summed E-state index contributed by atoms with van der Waals surface area (Å²) in [6.45, 7) is 5.81. The summed E-state index contributed by atoms with van der Waals surface area (Å²) in [4.78, 5) is 0. The van der Waals surface area contributed by atoms with Crippen molar-refractivity contribution in [3.05, 3.63) is 34.9 Å². The number of aliphatic hydroxyl groups excluding tert-OH is 1. The first-order valence-corrected chi connectivity index (χ1v) is 6.11. The van der Waals surface area contributed by atoms with Crippen molar-refractivity contribution in [2.24, 2.45) is 0 Å². The topological polar surface area (TPSA) is 38.7 Å². The van der Waals surface area contributed by atoms with Gasteiger partial charge in [0.1, 0.15) is 6.10 Å². The third kappa shape index (κ3) is 3.28. The van der Waals surface area contributed by atoms with Crippen molar-refractivity contribution in [3.8, 4) is 0 Å². The van der Waals surface area contributed by atoms with Crippen molar-refractivity contribution in [1.82, 2.24) is 0 Å². The van der Waals surface area contributed by atoms with Crippen LogP contribution in [-0.2, 0) is 9.47 Å². The Kier molecular flexibility index (Phi) is 4.15. The van der Waals surface area contributed by atoms with E-state index in [0.717, 1.165) is 29.7 Å². The Morgan fingerprint density at radius 1 is 1.47 bits per heavy atom. The summed E-state index contributed by atoms with van der Waals surface area (Å²) < 4.78 is 10.9. The maximum Gasteiger partial charge on any atom is 0.103 e. The first-order valence-electron chi connectivity index (χ1n) is 6.11. The smallest absolute Gasteiger partial charge is 0.103 e. The van der Waals surface area contributed by atoms with Crippen LogP contribution in [0.4, 0.5) is 0 Å². The highest BCUT2D eigenvalue weighted by atomic mass is 16.5. The number of hydrogen-bond donors (Lipinski definition) is 1. The molecular weight excluding hydrogens is 216 g/mol. The van der Waals surface area contributed by atoms with E-state index in [2.05, 4.69) is 6.07 Å². The second-order valence-electron chi connectivity index (χ2n) is 4.69. The molecule has 1 saturated heterocycles. The van der Waals surface area contributed by atoms with Gasteiger partial charge in [0.05, 0.1) is 19.3 Å². The van der Waals surface area contributed by atoms with Crippen LogP contribution in [0.25, 0.3) is 0 Å². The second-order valence-corrected chi connectivity index (χ2v) is 4.69. The fourth-order valence-electron chi connectivity index (χ4n) is 2.08. The fraction of sp³-hybridized carbons (Fsp3) is 0.571. The van der Waals surface area contributed by atoms with E-state index >= 15 is 0 Å². The van der Waals surface area contributed by atoms with Gasteiger partial charge in [-0.25, -0.2) is 0 Å². The van der Waals surface area contributed by atoms with Crippen LogP contribution in [-0.4, -0.2) is 31.0 Å². The van der Waals surface area contributed by atoms with Gasteiger partial charge in [0.2, 0.25) is 0 Å². The molecule has 1 N–H and O–H groups in total.